The maximum atomic E-state index is 12.2. The Morgan fingerprint density at radius 3 is 2.45 bits per heavy atom. The van der Waals surface area contributed by atoms with E-state index in [1.165, 1.54) is 6.07 Å². The number of carbonyl (C=O) groups is 1. The van der Waals surface area contributed by atoms with Crippen LogP contribution in [0.2, 0.25) is 0 Å². The summed E-state index contributed by atoms with van der Waals surface area (Å²) in [5.74, 6) is -0.589. The van der Waals surface area contributed by atoms with Crippen molar-refractivity contribution in [3.8, 4) is 23.3 Å². The molecule has 0 aromatic heterocycles. The Kier molecular flexibility index (Phi) is 4.41. The zero-order valence-electron chi connectivity index (χ0n) is 12.0. The third-order valence-electron chi connectivity index (χ3n) is 3.16. The highest BCUT2D eigenvalue weighted by Crippen LogP contribution is 2.33. The van der Waals surface area contributed by atoms with E-state index in [2.05, 4.69) is 0 Å². The number of hydrogen-bond donors (Lipinski definition) is 1. The molecule has 2 rings (SSSR count). The Morgan fingerprint density at radius 2 is 1.91 bits per heavy atom. The van der Waals surface area contributed by atoms with Gasteiger partial charge in [0.2, 0.25) is 0 Å². The van der Waals surface area contributed by atoms with Crippen molar-refractivity contribution in [2.45, 2.75) is 6.92 Å². The van der Waals surface area contributed by atoms with Crippen LogP contribution in [0.5, 0.6) is 0 Å². The lowest BCUT2D eigenvalue weighted by molar-refractivity contribution is 0.0527. The van der Waals surface area contributed by atoms with E-state index >= 15 is 0 Å². The first-order chi connectivity index (χ1) is 10.6. The molecule has 2 aromatic carbocycles. The molecule has 0 radical (unpaired) electrons. The Hall–Kier alpha value is -3.31. The summed E-state index contributed by atoms with van der Waals surface area (Å²) in [6.07, 6.45) is 0. The van der Waals surface area contributed by atoms with Crippen molar-refractivity contribution in [1.82, 2.24) is 0 Å². The minimum Gasteiger partial charge on any atom is -0.462 e. The molecule has 0 spiro atoms. The number of hydrogen-bond acceptors (Lipinski definition) is 5. The lowest BCUT2D eigenvalue weighted by Crippen LogP contribution is -2.10. The van der Waals surface area contributed by atoms with Crippen LogP contribution in [0.3, 0.4) is 0 Å². The van der Waals surface area contributed by atoms with Gasteiger partial charge in [0.1, 0.15) is 12.1 Å². The Labute approximate surface area is 128 Å². The van der Waals surface area contributed by atoms with Gasteiger partial charge in [-0.3, -0.25) is 0 Å². The maximum Gasteiger partial charge on any atom is 0.338 e. The second-order valence-electron chi connectivity index (χ2n) is 4.45. The number of nitriles is 2. The molecule has 0 atom stereocenters. The number of rotatable bonds is 3. The van der Waals surface area contributed by atoms with Crippen LogP contribution in [0, 0.1) is 22.7 Å². The number of carbonyl (C=O) groups excluding carboxylic acids is 1. The van der Waals surface area contributed by atoms with Crippen molar-refractivity contribution in [3.05, 3.63) is 53.1 Å². The number of anilines is 1. The standard InChI is InChI=1S/C17H13N3O2/c1-2-22-17(21)13-8-12(9-18)16(20)14(10-19)15(13)11-6-4-3-5-7-11/h3-8H,2,20H2,1H3. The summed E-state index contributed by atoms with van der Waals surface area (Å²) in [6.45, 7) is 1.88. The molecule has 0 aliphatic carbocycles. The van der Waals surface area contributed by atoms with Crippen molar-refractivity contribution in [3.63, 3.8) is 0 Å². The van der Waals surface area contributed by atoms with Crippen molar-refractivity contribution >= 4 is 11.7 Å². The molecule has 0 amide bonds. The molecule has 0 aliphatic heterocycles. The molecule has 0 saturated carbocycles. The summed E-state index contributed by atoms with van der Waals surface area (Å²) < 4.78 is 5.03. The van der Waals surface area contributed by atoms with E-state index in [1.807, 2.05) is 18.2 Å². The van der Waals surface area contributed by atoms with Crippen molar-refractivity contribution in [1.29, 1.82) is 10.5 Å². The highest BCUT2D eigenvalue weighted by Gasteiger charge is 2.22. The summed E-state index contributed by atoms with van der Waals surface area (Å²) >= 11 is 0. The van der Waals surface area contributed by atoms with Crippen LogP contribution in [0.25, 0.3) is 11.1 Å². The van der Waals surface area contributed by atoms with Crippen molar-refractivity contribution in [2.24, 2.45) is 0 Å². The molecular formula is C17H13N3O2. The van der Waals surface area contributed by atoms with Crippen LogP contribution in [0.15, 0.2) is 36.4 Å². The lowest BCUT2D eigenvalue weighted by Gasteiger charge is -2.14. The van der Waals surface area contributed by atoms with Gasteiger partial charge >= 0.3 is 5.97 Å². The Bertz CT molecular complexity index is 799. The third kappa shape index (κ3) is 2.61. The molecule has 108 valence electrons. The topological polar surface area (TPSA) is 99.9 Å². The molecule has 0 heterocycles. The number of nitrogens with two attached hydrogens (primary N) is 1. The van der Waals surface area contributed by atoms with Gasteiger partial charge in [0, 0.05) is 5.56 Å². The van der Waals surface area contributed by atoms with Crippen molar-refractivity contribution < 1.29 is 9.53 Å². The van der Waals surface area contributed by atoms with Gasteiger partial charge in [0.15, 0.2) is 0 Å². The lowest BCUT2D eigenvalue weighted by atomic mass is 9.91. The van der Waals surface area contributed by atoms with Crippen LogP contribution in [-0.4, -0.2) is 12.6 Å². The van der Waals surface area contributed by atoms with Crippen LogP contribution in [0.1, 0.15) is 28.4 Å². The van der Waals surface area contributed by atoms with Gasteiger partial charge in [-0.2, -0.15) is 10.5 Å². The van der Waals surface area contributed by atoms with Gasteiger partial charge < -0.3 is 10.5 Å². The highest BCUT2D eigenvalue weighted by atomic mass is 16.5. The molecule has 2 N–H and O–H groups in total. The van der Waals surface area contributed by atoms with Gasteiger partial charge in [0.25, 0.3) is 0 Å². The Morgan fingerprint density at radius 1 is 1.23 bits per heavy atom. The first-order valence-corrected chi connectivity index (χ1v) is 6.63. The fourth-order valence-corrected chi connectivity index (χ4v) is 2.18. The van der Waals surface area contributed by atoms with Gasteiger partial charge in [0.05, 0.1) is 29.0 Å². The van der Waals surface area contributed by atoms with E-state index in [-0.39, 0.29) is 29.0 Å². The SMILES string of the molecule is CCOC(=O)c1cc(C#N)c(N)c(C#N)c1-c1ccccc1. The van der Waals surface area contributed by atoms with Crippen LogP contribution < -0.4 is 5.73 Å². The quantitative estimate of drug-likeness (QED) is 0.692. The monoisotopic (exact) mass is 291 g/mol. The largest absolute Gasteiger partial charge is 0.462 e. The number of benzene rings is 2. The molecule has 0 unspecified atom stereocenters. The fourth-order valence-electron chi connectivity index (χ4n) is 2.18. The van der Waals surface area contributed by atoms with Crippen LogP contribution in [-0.2, 0) is 4.74 Å². The maximum absolute atomic E-state index is 12.2. The summed E-state index contributed by atoms with van der Waals surface area (Å²) in [6, 6.07) is 14.2. The van der Waals surface area contributed by atoms with Crippen LogP contribution >= 0.6 is 0 Å². The molecule has 5 nitrogen and oxygen atoms in total. The molecule has 5 heteroatoms. The van der Waals surface area contributed by atoms with E-state index in [0.29, 0.717) is 11.1 Å². The summed E-state index contributed by atoms with van der Waals surface area (Å²) in [5, 5.41) is 18.6. The predicted octanol–water partition coefficient (Wildman–Crippen LogP) is 2.86. The minimum absolute atomic E-state index is 0.0666. The molecule has 0 fully saturated rings. The number of nitrogen functional groups attached to an aromatic ring is 1. The first-order valence-electron chi connectivity index (χ1n) is 6.63. The Balaban J connectivity index is 2.84. The molecule has 22 heavy (non-hydrogen) atoms. The van der Waals surface area contributed by atoms with Gasteiger partial charge in [-0.05, 0) is 18.6 Å². The predicted molar refractivity (Wildman–Crippen MR) is 81.7 cm³/mol. The van der Waals surface area contributed by atoms with E-state index < -0.39 is 5.97 Å². The van der Waals surface area contributed by atoms with Gasteiger partial charge in [-0.25, -0.2) is 4.79 Å². The van der Waals surface area contributed by atoms with Crippen molar-refractivity contribution in [2.75, 3.05) is 12.3 Å². The fraction of sp³-hybridized carbons (Fsp3) is 0.118. The summed E-state index contributed by atoms with van der Waals surface area (Å²) in [7, 11) is 0. The molecular weight excluding hydrogens is 278 g/mol. The highest BCUT2D eigenvalue weighted by molar-refractivity contribution is 6.01. The number of esters is 1. The van der Waals surface area contributed by atoms with Crippen LogP contribution in [0.4, 0.5) is 5.69 Å². The second-order valence-corrected chi connectivity index (χ2v) is 4.45. The average molecular weight is 291 g/mol. The van der Waals surface area contributed by atoms with E-state index in [1.54, 1.807) is 31.2 Å². The van der Waals surface area contributed by atoms with E-state index in [0.717, 1.165) is 0 Å². The minimum atomic E-state index is -0.589. The van der Waals surface area contributed by atoms with E-state index in [4.69, 9.17) is 15.7 Å². The summed E-state index contributed by atoms with van der Waals surface area (Å²) in [5.41, 5.74) is 7.36. The number of ether oxygens (including phenoxy) is 1. The zero-order chi connectivity index (χ0) is 16.1. The van der Waals surface area contributed by atoms with Gasteiger partial charge in [-0.1, -0.05) is 30.3 Å². The molecule has 0 aliphatic rings. The number of nitrogens with zero attached hydrogens (tertiary/aromatic N) is 2. The normalized spacial score (nSPS) is 9.59. The molecule has 0 bridgehead atoms. The smallest absolute Gasteiger partial charge is 0.338 e. The zero-order valence-corrected chi connectivity index (χ0v) is 12.0. The van der Waals surface area contributed by atoms with E-state index in [9.17, 15) is 10.1 Å². The third-order valence-corrected chi connectivity index (χ3v) is 3.16. The molecule has 2 aromatic rings. The second kappa shape index (κ2) is 6.43. The summed E-state index contributed by atoms with van der Waals surface area (Å²) in [4.78, 5) is 12.2. The van der Waals surface area contributed by atoms with Gasteiger partial charge in [-0.15, -0.1) is 0 Å². The first kappa shape index (κ1) is 15.1. The average Bonchev–Trinajstić information content (AvgIpc) is 2.55. The molecule has 0 saturated heterocycles.